The summed E-state index contributed by atoms with van der Waals surface area (Å²) in [7, 11) is 0. The van der Waals surface area contributed by atoms with Crippen LogP contribution in [-0.2, 0) is 6.42 Å². The predicted molar refractivity (Wildman–Crippen MR) is 126 cm³/mol. The summed E-state index contributed by atoms with van der Waals surface area (Å²) >= 11 is 7.71. The van der Waals surface area contributed by atoms with E-state index in [9.17, 15) is 13.6 Å². The van der Waals surface area contributed by atoms with Gasteiger partial charge in [-0.25, -0.2) is 28.7 Å². The standard InChI is InChI=1S/C17H17ClF2N2O.C5H4N4S/c1-2-12-10-11-4-3-5-13(18)14(11)15(21-12)16(23)22-8-6-17(19,20)7-9-22;6-4-3-5(8-1-7-4)10-2-9-3/h3-5,10H,2,6-9H2,1H3;1-2H,(H2,6,7,8). The molecule has 4 heterocycles. The zero-order valence-electron chi connectivity index (χ0n) is 17.8. The highest BCUT2D eigenvalue weighted by atomic mass is 35.5. The molecule has 5 rings (SSSR count). The average molecular weight is 491 g/mol. The van der Waals surface area contributed by atoms with Crippen LogP contribution < -0.4 is 5.73 Å². The Bertz CT molecular complexity index is 1300. The first kappa shape index (κ1) is 23.2. The molecule has 4 aromatic rings. The number of carbonyl (C=O) groups excluding carboxylic acids is 1. The first-order chi connectivity index (χ1) is 15.8. The summed E-state index contributed by atoms with van der Waals surface area (Å²) in [5.41, 5.74) is 8.94. The number of carbonyl (C=O) groups is 1. The minimum Gasteiger partial charge on any atom is -0.382 e. The maximum atomic E-state index is 13.3. The number of nitrogens with two attached hydrogens (primary N) is 1. The van der Waals surface area contributed by atoms with Crippen molar-refractivity contribution >= 4 is 55.8 Å². The van der Waals surface area contributed by atoms with Gasteiger partial charge in [-0.15, -0.1) is 11.3 Å². The molecule has 1 saturated heterocycles. The fourth-order valence-corrected chi connectivity index (χ4v) is 4.46. The molecule has 2 N–H and O–H groups in total. The molecule has 0 bridgehead atoms. The molecule has 1 aliphatic rings. The second-order valence-corrected chi connectivity index (χ2v) is 8.81. The van der Waals surface area contributed by atoms with Gasteiger partial charge in [-0.2, -0.15) is 0 Å². The number of rotatable bonds is 2. The lowest BCUT2D eigenvalue weighted by Crippen LogP contribution is -2.43. The van der Waals surface area contributed by atoms with Gasteiger partial charge in [0.15, 0.2) is 5.82 Å². The van der Waals surface area contributed by atoms with Crippen LogP contribution in [0.3, 0.4) is 0 Å². The normalized spacial score (nSPS) is 15.3. The number of hydrogen-bond donors (Lipinski definition) is 1. The summed E-state index contributed by atoms with van der Waals surface area (Å²) in [5.74, 6) is -2.56. The van der Waals surface area contributed by atoms with Gasteiger partial charge in [-0.3, -0.25) is 4.79 Å². The topological polar surface area (TPSA) is 97.9 Å². The van der Waals surface area contributed by atoms with Crippen LogP contribution in [0.1, 0.15) is 35.9 Å². The Morgan fingerprint density at radius 1 is 1.24 bits per heavy atom. The van der Waals surface area contributed by atoms with Crippen molar-refractivity contribution in [3.63, 3.8) is 0 Å². The molecule has 1 aliphatic heterocycles. The molecule has 1 fully saturated rings. The molecule has 0 radical (unpaired) electrons. The molecule has 1 amide bonds. The summed E-state index contributed by atoms with van der Waals surface area (Å²) in [6.07, 6.45) is 1.51. The summed E-state index contributed by atoms with van der Waals surface area (Å²) in [5, 5.41) is 1.88. The third kappa shape index (κ3) is 5.01. The van der Waals surface area contributed by atoms with E-state index >= 15 is 0 Å². The Kier molecular flexibility index (Phi) is 6.66. The van der Waals surface area contributed by atoms with Crippen molar-refractivity contribution in [1.29, 1.82) is 0 Å². The van der Waals surface area contributed by atoms with Gasteiger partial charge in [0, 0.05) is 37.0 Å². The van der Waals surface area contributed by atoms with Crippen LogP contribution in [0.5, 0.6) is 0 Å². The number of thiazole rings is 1. The van der Waals surface area contributed by atoms with Crippen molar-refractivity contribution in [3.05, 3.63) is 52.5 Å². The molecule has 7 nitrogen and oxygen atoms in total. The highest BCUT2D eigenvalue weighted by molar-refractivity contribution is 7.16. The highest BCUT2D eigenvalue weighted by Gasteiger charge is 2.36. The fourth-order valence-electron chi connectivity index (χ4n) is 3.56. The summed E-state index contributed by atoms with van der Waals surface area (Å²) in [6.45, 7) is 2.03. The lowest BCUT2D eigenvalue weighted by molar-refractivity contribution is -0.0494. The highest BCUT2D eigenvalue weighted by Crippen LogP contribution is 2.31. The third-order valence-electron chi connectivity index (χ3n) is 5.37. The number of fused-ring (bicyclic) bond motifs is 2. The SMILES string of the molecule is CCc1cc2cccc(Cl)c2c(C(=O)N2CCC(F)(F)CC2)n1.Nc1ncnc2scnc12. The first-order valence-electron chi connectivity index (χ1n) is 10.3. The smallest absolute Gasteiger partial charge is 0.273 e. The van der Waals surface area contributed by atoms with Crippen LogP contribution in [0.15, 0.2) is 36.1 Å². The number of nitrogen functional groups attached to an aromatic ring is 1. The van der Waals surface area contributed by atoms with E-state index in [1.54, 1.807) is 11.6 Å². The van der Waals surface area contributed by atoms with Gasteiger partial charge >= 0.3 is 0 Å². The van der Waals surface area contributed by atoms with E-state index < -0.39 is 5.92 Å². The quantitative estimate of drug-likeness (QED) is 0.425. The largest absolute Gasteiger partial charge is 0.382 e. The van der Waals surface area contributed by atoms with Gasteiger partial charge in [0.05, 0.1) is 10.5 Å². The number of aryl methyl sites for hydroxylation is 1. The van der Waals surface area contributed by atoms with Gasteiger partial charge in [0.1, 0.15) is 22.4 Å². The van der Waals surface area contributed by atoms with Gasteiger partial charge in [-0.05, 0) is 23.9 Å². The molecule has 0 aliphatic carbocycles. The molecule has 0 unspecified atom stereocenters. The minimum atomic E-state index is -2.69. The lowest BCUT2D eigenvalue weighted by Gasteiger charge is -2.31. The number of nitrogens with zero attached hydrogens (tertiary/aromatic N) is 5. The Morgan fingerprint density at radius 3 is 2.70 bits per heavy atom. The van der Waals surface area contributed by atoms with Gasteiger partial charge in [-0.1, -0.05) is 30.7 Å². The number of aromatic nitrogens is 4. The Labute approximate surface area is 197 Å². The first-order valence-corrected chi connectivity index (χ1v) is 11.6. The maximum Gasteiger partial charge on any atom is 0.273 e. The second kappa shape index (κ2) is 9.48. The molecule has 3 aromatic heterocycles. The lowest BCUT2D eigenvalue weighted by atomic mass is 10.0. The van der Waals surface area contributed by atoms with Crippen molar-refractivity contribution in [2.45, 2.75) is 32.1 Å². The molecule has 1 aromatic carbocycles. The van der Waals surface area contributed by atoms with Crippen LogP contribution >= 0.6 is 22.9 Å². The zero-order chi connectivity index (χ0) is 23.6. The fraction of sp³-hybridized carbons (Fsp3) is 0.318. The number of piperidine rings is 1. The number of halogens is 3. The number of amides is 1. The van der Waals surface area contributed by atoms with E-state index in [1.165, 1.54) is 22.6 Å². The maximum absolute atomic E-state index is 13.3. The number of benzene rings is 1. The predicted octanol–water partition coefficient (Wildman–Crippen LogP) is 4.99. The van der Waals surface area contributed by atoms with Crippen molar-refractivity contribution in [3.8, 4) is 0 Å². The molecule has 0 saturated carbocycles. The van der Waals surface area contributed by atoms with E-state index in [-0.39, 0.29) is 37.5 Å². The molecule has 0 atom stereocenters. The van der Waals surface area contributed by atoms with Crippen LogP contribution in [0.25, 0.3) is 21.1 Å². The van der Waals surface area contributed by atoms with E-state index in [2.05, 4.69) is 19.9 Å². The zero-order valence-corrected chi connectivity index (χ0v) is 19.3. The Hall–Kier alpha value is -2.98. The number of likely N-dealkylation sites (tertiary alicyclic amines) is 1. The van der Waals surface area contributed by atoms with E-state index in [1.807, 2.05) is 25.1 Å². The second-order valence-electron chi connectivity index (χ2n) is 7.57. The van der Waals surface area contributed by atoms with Gasteiger partial charge in [0.25, 0.3) is 11.8 Å². The molecule has 33 heavy (non-hydrogen) atoms. The van der Waals surface area contributed by atoms with Crippen LogP contribution in [-0.4, -0.2) is 49.8 Å². The van der Waals surface area contributed by atoms with Crippen LogP contribution in [0, 0.1) is 0 Å². The minimum absolute atomic E-state index is 0.0375. The number of pyridine rings is 1. The van der Waals surface area contributed by atoms with Crippen molar-refractivity contribution in [2.75, 3.05) is 18.8 Å². The number of anilines is 1. The van der Waals surface area contributed by atoms with E-state index in [4.69, 9.17) is 17.3 Å². The number of alkyl halides is 2. The van der Waals surface area contributed by atoms with Crippen molar-refractivity contribution in [1.82, 2.24) is 24.8 Å². The Morgan fingerprint density at radius 2 is 2.00 bits per heavy atom. The van der Waals surface area contributed by atoms with E-state index in [0.717, 1.165) is 15.9 Å². The Balaban J connectivity index is 0.000000214. The molecule has 11 heteroatoms. The number of hydrogen-bond acceptors (Lipinski definition) is 7. The van der Waals surface area contributed by atoms with Crippen LogP contribution in [0.4, 0.5) is 14.6 Å². The van der Waals surface area contributed by atoms with Crippen molar-refractivity contribution in [2.24, 2.45) is 0 Å². The molecule has 0 spiro atoms. The summed E-state index contributed by atoms with van der Waals surface area (Å²) in [6, 6.07) is 7.31. The van der Waals surface area contributed by atoms with E-state index in [0.29, 0.717) is 28.2 Å². The molecular weight excluding hydrogens is 470 g/mol. The molecular formula is C22H21ClF2N6OS. The third-order valence-corrected chi connectivity index (χ3v) is 6.42. The van der Waals surface area contributed by atoms with Crippen molar-refractivity contribution < 1.29 is 13.6 Å². The average Bonchev–Trinajstić information content (AvgIpc) is 3.29. The van der Waals surface area contributed by atoms with Gasteiger partial charge < -0.3 is 10.6 Å². The van der Waals surface area contributed by atoms with Crippen LogP contribution in [0.2, 0.25) is 5.02 Å². The summed E-state index contributed by atoms with van der Waals surface area (Å²) in [4.78, 5) is 31.3. The summed E-state index contributed by atoms with van der Waals surface area (Å²) < 4.78 is 26.6. The van der Waals surface area contributed by atoms with Gasteiger partial charge in [0.2, 0.25) is 0 Å². The monoisotopic (exact) mass is 490 g/mol. The molecule has 172 valence electrons.